The summed E-state index contributed by atoms with van der Waals surface area (Å²) >= 11 is 5.93. The maximum atomic E-state index is 12.9. The van der Waals surface area contributed by atoms with Gasteiger partial charge in [0.15, 0.2) is 0 Å². The van der Waals surface area contributed by atoms with Gasteiger partial charge in [-0.15, -0.1) is 0 Å². The van der Waals surface area contributed by atoms with Crippen molar-refractivity contribution in [2.75, 3.05) is 32.8 Å². The van der Waals surface area contributed by atoms with E-state index in [0.717, 1.165) is 31.5 Å². The zero-order chi connectivity index (χ0) is 22.5. The Morgan fingerprint density at radius 3 is 2.38 bits per heavy atom. The first-order valence-electron chi connectivity index (χ1n) is 11.3. The van der Waals surface area contributed by atoms with Crippen LogP contribution in [0.25, 0.3) is 11.4 Å². The summed E-state index contributed by atoms with van der Waals surface area (Å²) in [6.45, 7) is 5.70. The van der Waals surface area contributed by atoms with E-state index in [-0.39, 0.29) is 23.7 Å². The fraction of sp³-hybridized carbons (Fsp3) is 0.565. The molecule has 1 aromatic carbocycles. The van der Waals surface area contributed by atoms with Gasteiger partial charge in [-0.05, 0) is 70.0 Å². The molecule has 2 saturated heterocycles. The number of benzene rings is 1. The van der Waals surface area contributed by atoms with E-state index in [0.29, 0.717) is 55.8 Å². The van der Waals surface area contributed by atoms with Crippen LogP contribution in [0, 0.1) is 11.8 Å². The average molecular weight is 461 g/mol. The Labute approximate surface area is 192 Å². The second kappa shape index (κ2) is 10.4. The zero-order valence-corrected chi connectivity index (χ0v) is 19.1. The monoisotopic (exact) mass is 460 g/mol. The van der Waals surface area contributed by atoms with Gasteiger partial charge in [-0.1, -0.05) is 16.8 Å². The number of esters is 1. The first kappa shape index (κ1) is 22.7. The molecule has 2 aliphatic heterocycles. The minimum atomic E-state index is -0.131. The Kier molecular flexibility index (Phi) is 7.42. The van der Waals surface area contributed by atoms with E-state index in [4.69, 9.17) is 20.9 Å². The Balaban J connectivity index is 1.23. The summed E-state index contributed by atoms with van der Waals surface area (Å²) in [4.78, 5) is 33.5. The Morgan fingerprint density at radius 2 is 1.72 bits per heavy atom. The molecule has 9 heteroatoms. The molecule has 0 atom stereocenters. The lowest BCUT2D eigenvalue weighted by Gasteiger charge is -2.36. The van der Waals surface area contributed by atoms with Crippen molar-refractivity contribution in [3.63, 3.8) is 0 Å². The van der Waals surface area contributed by atoms with Crippen LogP contribution in [0.3, 0.4) is 0 Å². The maximum Gasteiger partial charge on any atom is 0.309 e. The van der Waals surface area contributed by atoms with Gasteiger partial charge in [0.2, 0.25) is 17.6 Å². The lowest BCUT2D eigenvalue weighted by molar-refractivity contribution is -0.152. The number of amides is 1. The summed E-state index contributed by atoms with van der Waals surface area (Å²) in [6, 6.07) is 7.33. The molecule has 0 spiro atoms. The van der Waals surface area contributed by atoms with Crippen LogP contribution in [0.1, 0.15) is 38.5 Å². The molecule has 3 heterocycles. The number of likely N-dealkylation sites (tertiary alicyclic amines) is 2. The van der Waals surface area contributed by atoms with Gasteiger partial charge in [0.25, 0.3) is 0 Å². The van der Waals surface area contributed by atoms with Crippen molar-refractivity contribution in [3.8, 4) is 11.4 Å². The van der Waals surface area contributed by atoms with Crippen molar-refractivity contribution in [1.29, 1.82) is 0 Å². The molecule has 0 bridgehead atoms. The molecule has 0 aliphatic carbocycles. The first-order chi connectivity index (χ1) is 15.5. The summed E-state index contributed by atoms with van der Waals surface area (Å²) in [7, 11) is 0. The minimum Gasteiger partial charge on any atom is -0.466 e. The molecule has 2 aromatic rings. The fourth-order valence-corrected chi connectivity index (χ4v) is 4.54. The number of halogens is 1. The third-order valence-corrected chi connectivity index (χ3v) is 6.54. The summed E-state index contributed by atoms with van der Waals surface area (Å²) in [6.07, 6.45) is 3.01. The smallest absolute Gasteiger partial charge is 0.309 e. The van der Waals surface area contributed by atoms with Crippen molar-refractivity contribution >= 4 is 23.5 Å². The third-order valence-electron chi connectivity index (χ3n) is 6.29. The number of nitrogens with zero attached hydrogens (tertiary/aromatic N) is 4. The molecule has 4 rings (SSSR count). The van der Waals surface area contributed by atoms with Crippen LogP contribution in [0.15, 0.2) is 28.8 Å². The summed E-state index contributed by atoms with van der Waals surface area (Å²) in [5, 5.41) is 4.73. The highest BCUT2D eigenvalue weighted by Gasteiger charge is 2.33. The molecule has 0 unspecified atom stereocenters. The van der Waals surface area contributed by atoms with Gasteiger partial charge >= 0.3 is 5.97 Å². The van der Waals surface area contributed by atoms with Crippen LogP contribution in [-0.2, 0) is 20.9 Å². The van der Waals surface area contributed by atoms with E-state index >= 15 is 0 Å². The van der Waals surface area contributed by atoms with Crippen molar-refractivity contribution in [2.24, 2.45) is 11.8 Å². The Hall–Kier alpha value is -2.45. The van der Waals surface area contributed by atoms with Gasteiger partial charge in [-0.25, -0.2) is 0 Å². The molecule has 1 aromatic heterocycles. The highest BCUT2D eigenvalue weighted by molar-refractivity contribution is 6.30. The second-order valence-electron chi connectivity index (χ2n) is 8.42. The van der Waals surface area contributed by atoms with Crippen LogP contribution < -0.4 is 0 Å². The number of rotatable bonds is 6. The van der Waals surface area contributed by atoms with Crippen molar-refractivity contribution < 1.29 is 18.8 Å². The SMILES string of the molecule is CCOC(=O)C1CCN(C(=O)C2CCN(Cc3nc(-c4ccc(Cl)cc4)no3)CC2)CC1. The number of carbonyl (C=O) groups is 2. The highest BCUT2D eigenvalue weighted by Crippen LogP contribution is 2.25. The third kappa shape index (κ3) is 5.48. The number of hydrogen-bond acceptors (Lipinski definition) is 7. The molecule has 1 amide bonds. The zero-order valence-electron chi connectivity index (χ0n) is 18.3. The van der Waals surface area contributed by atoms with Crippen LogP contribution in [0.5, 0.6) is 0 Å². The summed E-state index contributed by atoms with van der Waals surface area (Å²) in [5.41, 5.74) is 0.862. The van der Waals surface area contributed by atoms with Crippen LogP contribution in [-0.4, -0.2) is 64.6 Å². The number of piperidine rings is 2. The molecule has 0 saturated carbocycles. The largest absolute Gasteiger partial charge is 0.466 e. The summed E-state index contributed by atoms with van der Waals surface area (Å²) < 4.78 is 10.5. The quantitative estimate of drug-likeness (QED) is 0.610. The molecule has 2 fully saturated rings. The van der Waals surface area contributed by atoms with Gasteiger partial charge in [-0.3, -0.25) is 14.5 Å². The van der Waals surface area contributed by atoms with E-state index in [1.807, 2.05) is 24.0 Å². The molecule has 8 nitrogen and oxygen atoms in total. The van der Waals surface area contributed by atoms with Crippen molar-refractivity contribution in [2.45, 2.75) is 39.2 Å². The van der Waals surface area contributed by atoms with E-state index in [1.165, 1.54) is 0 Å². The number of hydrogen-bond donors (Lipinski definition) is 0. The second-order valence-corrected chi connectivity index (χ2v) is 8.86. The van der Waals surface area contributed by atoms with E-state index in [1.54, 1.807) is 12.1 Å². The van der Waals surface area contributed by atoms with Crippen molar-refractivity contribution in [1.82, 2.24) is 19.9 Å². The predicted octanol–water partition coefficient (Wildman–Crippen LogP) is 3.40. The first-order valence-corrected chi connectivity index (χ1v) is 11.7. The van der Waals surface area contributed by atoms with Crippen LogP contribution >= 0.6 is 11.6 Å². The standard InChI is InChI=1S/C23H29ClN4O4/c1-2-31-23(30)18-9-13-28(14-10-18)22(29)17-7-11-27(12-8-17)15-20-25-21(26-32-20)16-3-5-19(24)6-4-16/h3-6,17-18H,2,7-15H2,1H3. The van der Waals surface area contributed by atoms with Gasteiger partial charge in [0, 0.05) is 29.6 Å². The molecular formula is C23H29ClN4O4. The van der Waals surface area contributed by atoms with Crippen LogP contribution in [0.2, 0.25) is 5.02 Å². The lowest BCUT2D eigenvalue weighted by Crippen LogP contribution is -2.46. The van der Waals surface area contributed by atoms with Gasteiger partial charge < -0.3 is 14.2 Å². The molecular weight excluding hydrogens is 432 g/mol. The van der Waals surface area contributed by atoms with E-state index in [9.17, 15) is 9.59 Å². The minimum absolute atomic E-state index is 0.0395. The van der Waals surface area contributed by atoms with Gasteiger partial charge in [0.1, 0.15) is 0 Å². The Morgan fingerprint density at radius 1 is 1.06 bits per heavy atom. The number of carbonyl (C=O) groups excluding carboxylic acids is 2. The normalized spacial score (nSPS) is 18.6. The topological polar surface area (TPSA) is 88.8 Å². The van der Waals surface area contributed by atoms with Gasteiger partial charge in [0.05, 0.1) is 19.1 Å². The van der Waals surface area contributed by atoms with E-state index in [2.05, 4.69) is 15.0 Å². The lowest BCUT2D eigenvalue weighted by atomic mass is 9.92. The average Bonchev–Trinajstić information content (AvgIpc) is 3.28. The van der Waals surface area contributed by atoms with E-state index < -0.39 is 0 Å². The number of ether oxygens (including phenoxy) is 1. The molecule has 2 aliphatic rings. The summed E-state index contributed by atoms with van der Waals surface area (Å²) in [5.74, 6) is 1.17. The van der Waals surface area contributed by atoms with Crippen LogP contribution in [0.4, 0.5) is 0 Å². The molecule has 32 heavy (non-hydrogen) atoms. The molecule has 0 N–H and O–H groups in total. The highest BCUT2D eigenvalue weighted by atomic mass is 35.5. The molecule has 0 radical (unpaired) electrons. The van der Waals surface area contributed by atoms with Gasteiger partial charge in [-0.2, -0.15) is 4.98 Å². The van der Waals surface area contributed by atoms with Crippen molar-refractivity contribution in [3.05, 3.63) is 35.2 Å². The molecule has 172 valence electrons. The maximum absolute atomic E-state index is 12.9. The fourth-order valence-electron chi connectivity index (χ4n) is 4.42. The number of aromatic nitrogens is 2. The predicted molar refractivity (Wildman–Crippen MR) is 119 cm³/mol. The Bertz CT molecular complexity index is 916.